The zero-order chi connectivity index (χ0) is 41.0. The van der Waals surface area contributed by atoms with Gasteiger partial charge in [0, 0.05) is 91.2 Å². The van der Waals surface area contributed by atoms with Gasteiger partial charge in [-0.3, -0.25) is 19.1 Å². The number of anilines is 2. The summed E-state index contributed by atoms with van der Waals surface area (Å²) in [6.45, 7) is 9.43. The van der Waals surface area contributed by atoms with Gasteiger partial charge in [0.05, 0.1) is 30.6 Å². The van der Waals surface area contributed by atoms with Gasteiger partial charge in [-0.15, -0.1) is 0 Å². The molecule has 57 heavy (non-hydrogen) atoms. The van der Waals surface area contributed by atoms with Crippen LogP contribution in [0.1, 0.15) is 102 Å². The highest BCUT2D eigenvalue weighted by molar-refractivity contribution is 6.42. The van der Waals surface area contributed by atoms with Crippen molar-refractivity contribution in [2.24, 2.45) is 17.5 Å². The quantitative estimate of drug-likeness (QED) is 0.101. The van der Waals surface area contributed by atoms with Crippen molar-refractivity contribution in [2.75, 3.05) is 31.6 Å². The molecule has 1 N–H and O–H groups in total. The Bertz CT molecular complexity index is 2200. The van der Waals surface area contributed by atoms with Crippen LogP contribution in [0.25, 0.3) is 22.0 Å². The van der Waals surface area contributed by atoms with Crippen LogP contribution < -0.4 is 15.2 Å². The number of aryl methyl sites for hydroxylation is 4. The van der Waals surface area contributed by atoms with E-state index in [1.165, 1.54) is 0 Å². The van der Waals surface area contributed by atoms with Crippen LogP contribution in [0.3, 0.4) is 0 Å². The van der Waals surface area contributed by atoms with E-state index in [0.29, 0.717) is 60.4 Å². The number of alkyl halides is 2. The van der Waals surface area contributed by atoms with Gasteiger partial charge < -0.3 is 24.2 Å². The number of nitrogens with zero attached hydrogens (tertiary/aromatic N) is 6. The number of aliphatic hydroxyl groups is 1. The fourth-order valence-electron chi connectivity index (χ4n) is 8.02. The lowest BCUT2D eigenvalue weighted by Gasteiger charge is -2.34. The van der Waals surface area contributed by atoms with Crippen molar-refractivity contribution >= 4 is 39.8 Å². The number of ether oxygens (including phenoxy) is 1. The Balaban J connectivity index is 1.05. The number of β-amino-alcohol motifs (C(OH)–C–C–N with tert-alkyl or cyclic N) is 1. The maximum Gasteiger partial charge on any atom is 0.269 e. The van der Waals surface area contributed by atoms with Crippen LogP contribution in [0, 0.1) is 12.3 Å². The van der Waals surface area contributed by atoms with E-state index < -0.39 is 17.9 Å². The van der Waals surface area contributed by atoms with Gasteiger partial charge in [-0.05, 0) is 68.4 Å². The van der Waals surface area contributed by atoms with Gasteiger partial charge in [0.1, 0.15) is 11.5 Å². The fourth-order valence-corrected chi connectivity index (χ4v) is 8.02. The summed E-state index contributed by atoms with van der Waals surface area (Å²) in [5.74, 6) is 0.0231. The number of aliphatic imine (C=N–C) groups is 1. The number of hydrogen-bond donors (Lipinski definition) is 1. The Hall–Kier alpha value is -4.91. The zero-order valence-electron chi connectivity index (χ0n) is 34.1. The van der Waals surface area contributed by atoms with Crippen molar-refractivity contribution in [3.63, 3.8) is 0 Å². The average Bonchev–Trinajstić information content (AvgIpc) is 3.84. The number of halogens is 2. The molecule has 0 bridgehead atoms. The van der Waals surface area contributed by atoms with Crippen LogP contribution in [0.4, 0.5) is 20.2 Å². The van der Waals surface area contributed by atoms with Gasteiger partial charge >= 0.3 is 0 Å². The molecule has 4 heterocycles. The standard InChI is InChI=1S/C44H56F2N6O5/c1-28-20-35-37(49(5)42(28)55)22-32(57-6)23-38(35)52-18-13-14-29-21-33(34(41(45)46)24-36(29)52)30-25-47-51(26-30)17-12-10-8-7-9-11-15-39(54)48-40(44(2,3)4)43(56)50-19-16-31(53)27-50/h20-26,31,41,53H,7-19,27H2,1-6H3/t31-/m0/s1. The highest BCUT2D eigenvalue weighted by Gasteiger charge is 2.34. The SMILES string of the molecule is COc1cc(N2CCCc3cc(-c4cnn(CCCCCCCCC(=O)N=C(C(=O)N5CC[C@H](O)C5)C(C)(C)C)c4)c(C(F)F)cc32)c2cc(C)c(=O)n(C)c2c1. The molecule has 0 saturated carbocycles. The number of aromatic nitrogens is 3. The zero-order valence-corrected chi connectivity index (χ0v) is 34.1. The predicted molar refractivity (Wildman–Crippen MR) is 220 cm³/mol. The van der Waals surface area contributed by atoms with Gasteiger partial charge in [0.15, 0.2) is 0 Å². The van der Waals surface area contributed by atoms with E-state index in [-0.39, 0.29) is 41.6 Å². The molecule has 0 radical (unpaired) electrons. The monoisotopic (exact) mass is 786 g/mol. The number of aliphatic hydroxyl groups excluding tert-OH is 1. The van der Waals surface area contributed by atoms with Crippen molar-refractivity contribution in [1.82, 2.24) is 19.2 Å². The molecule has 1 fully saturated rings. The number of carbonyl (C=O) groups excluding carboxylic acids is 2. The summed E-state index contributed by atoms with van der Waals surface area (Å²) in [4.78, 5) is 46.4. The number of likely N-dealkylation sites (tertiary alicyclic amines) is 1. The van der Waals surface area contributed by atoms with Crippen LogP contribution >= 0.6 is 0 Å². The van der Waals surface area contributed by atoms with Crippen molar-refractivity contribution in [3.8, 4) is 16.9 Å². The molecule has 4 aromatic rings. The first-order chi connectivity index (χ1) is 27.2. The molecule has 0 spiro atoms. The average molecular weight is 787 g/mol. The van der Waals surface area contributed by atoms with Gasteiger partial charge in [-0.1, -0.05) is 46.5 Å². The summed E-state index contributed by atoms with van der Waals surface area (Å²) in [6, 6.07) is 9.13. The molecule has 0 aliphatic carbocycles. The number of pyridine rings is 1. The summed E-state index contributed by atoms with van der Waals surface area (Å²) in [5, 5.41) is 15.2. The Morgan fingerprint density at radius 2 is 1.75 bits per heavy atom. The first kappa shape index (κ1) is 41.7. The first-order valence-corrected chi connectivity index (χ1v) is 20.2. The third-order valence-corrected chi connectivity index (χ3v) is 11.2. The minimum Gasteiger partial charge on any atom is -0.497 e. The second kappa shape index (κ2) is 17.7. The van der Waals surface area contributed by atoms with E-state index >= 15 is 0 Å². The summed E-state index contributed by atoms with van der Waals surface area (Å²) in [7, 11) is 3.31. The number of amides is 2. The van der Waals surface area contributed by atoms with Crippen LogP contribution in [0.5, 0.6) is 5.75 Å². The highest BCUT2D eigenvalue weighted by atomic mass is 19.3. The summed E-state index contributed by atoms with van der Waals surface area (Å²) in [5.41, 5.74) is 4.50. The minimum atomic E-state index is -2.70. The van der Waals surface area contributed by atoms with Crippen molar-refractivity contribution < 1.29 is 28.2 Å². The molecule has 6 rings (SSSR count). The molecule has 1 saturated heterocycles. The third kappa shape index (κ3) is 9.46. The molecule has 2 amide bonds. The smallest absolute Gasteiger partial charge is 0.269 e. The Morgan fingerprint density at radius 3 is 2.44 bits per heavy atom. The molecule has 13 heteroatoms. The summed E-state index contributed by atoms with van der Waals surface area (Å²) < 4.78 is 38.7. The highest BCUT2D eigenvalue weighted by Crippen LogP contribution is 2.44. The molecule has 11 nitrogen and oxygen atoms in total. The largest absolute Gasteiger partial charge is 0.497 e. The topological polar surface area (TPSA) is 122 Å². The Kier molecular flexibility index (Phi) is 13.0. The summed E-state index contributed by atoms with van der Waals surface area (Å²) in [6.07, 6.45) is 8.07. The van der Waals surface area contributed by atoms with E-state index in [4.69, 9.17) is 4.74 Å². The van der Waals surface area contributed by atoms with Crippen molar-refractivity contribution in [1.29, 1.82) is 0 Å². The van der Waals surface area contributed by atoms with E-state index in [9.17, 15) is 28.3 Å². The second-order valence-electron chi connectivity index (χ2n) is 16.6. The number of carbonyl (C=O) groups is 2. The molecule has 0 unspecified atom stereocenters. The molecule has 1 atom stereocenters. The Labute approximate surface area is 333 Å². The van der Waals surface area contributed by atoms with Gasteiger partial charge in [-0.25, -0.2) is 13.8 Å². The molecular weight excluding hydrogens is 731 g/mol. The molecule has 2 aromatic carbocycles. The number of rotatable bonds is 14. The Morgan fingerprint density at radius 1 is 1.02 bits per heavy atom. The molecule has 306 valence electrons. The lowest BCUT2D eigenvalue weighted by atomic mass is 9.89. The maximum atomic E-state index is 14.8. The lowest BCUT2D eigenvalue weighted by molar-refractivity contribution is -0.124. The minimum absolute atomic E-state index is 0.0483. The maximum absolute atomic E-state index is 14.8. The van der Waals surface area contributed by atoms with Gasteiger partial charge in [0.2, 0.25) is 5.91 Å². The molecule has 2 aliphatic heterocycles. The lowest BCUT2D eigenvalue weighted by Crippen LogP contribution is -2.41. The normalized spacial score (nSPS) is 16.2. The second-order valence-corrected chi connectivity index (χ2v) is 16.6. The third-order valence-electron chi connectivity index (χ3n) is 11.2. The van der Waals surface area contributed by atoms with E-state index in [1.54, 1.807) is 42.8 Å². The van der Waals surface area contributed by atoms with Crippen molar-refractivity contribution in [2.45, 2.75) is 111 Å². The number of hydrogen-bond acceptors (Lipinski definition) is 7. The first-order valence-electron chi connectivity index (χ1n) is 20.2. The number of benzene rings is 2. The van der Waals surface area contributed by atoms with Gasteiger partial charge in [0.25, 0.3) is 17.9 Å². The van der Waals surface area contributed by atoms with E-state index in [2.05, 4.69) is 15.0 Å². The van der Waals surface area contributed by atoms with E-state index in [1.807, 2.05) is 55.9 Å². The van der Waals surface area contributed by atoms with Gasteiger partial charge in [-0.2, -0.15) is 5.10 Å². The molecule has 2 aliphatic rings. The number of methoxy groups -OCH3 is 1. The fraction of sp³-hybridized carbons (Fsp3) is 0.523. The van der Waals surface area contributed by atoms with Crippen LogP contribution in [0.15, 0.2) is 52.5 Å². The predicted octanol–water partition coefficient (Wildman–Crippen LogP) is 8.08. The van der Waals surface area contributed by atoms with Crippen LogP contribution in [-0.4, -0.2) is 74.7 Å². The van der Waals surface area contributed by atoms with E-state index in [0.717, 1.165) is 67.3 Å². The van der Waals surface area contributed by atoms with Crippen molar-refractivity contribution in [3.05, 3.63) is 69.8 Å². The molecular formula is C44H56F2N6O5. The van der Waals surface area contributed by atoms with Crippen LogP contribution in [-0.2, 0) is 29.6 Å². The van der Waals surface area contributed by atoms with Crippen LogP contribution in [0.2, 0.25) is 0 Å². The summed E-state index contributed by atoms with van der Waals surface area (Å²) >= 11 is 0. The number of fused-ring (bicyclic) bond motifs is 2. The molecule has 2 aromatic heterocycles. The number of unbranched alkanes of at least 4 members (excludes halogenated alkanes) is 5.